The molecule has 2 heteroatoms. The first-order valence-electron chi connectivity index (χ1n) is 6.66. The second-order valence-electron chi connectivity index (χ2n) is 4.91. The van der Waals surface area contributed by atoms with Crippen molar-refractivity contribution in [1.82, 2.24) is 10.2 Å². The van der Waals surface area contributed by atoms with E-state index in [1.807, 2.05) is 0 Å². The number of nitrogens with one attached hydrogen (secondary N) is 1. The van der Waals surface area contributed by atoms with Crippen molar-refractivity contribution < 1.29 is 0 Å². The Morgan fingerprint density at radius 3 is 2.81 bits per heavy atom. The molecule has 0 aromatic rings. The lowest BCUT2D eigenvalue weighted by Gasteiger charge is -2.39. The van der Waals surface area contributed by atoms with Crippen LogP contribution in [0.4, 0.5) is 0 Å². The average molecular weight is 222 g/mol. The van der Waals surface area contributed by atoms with E-state index < -0.39 is 0 Å². The number of hydrogen-bond donors (Lipinski definition) is 1. The molecule has 3 atom stereocenters. The Labute approximate surface area is 101 Å². The fraction of sp³-hybridized carbons (Fsp3) is 0.857. The zero-order chi connectivity index (χ0) is 12.0. The monoisotopic (exact) mass is 222 g/mol. The minimum atomic E-state index is 0.346. The molecule has 1 N–H and O–H groups in total. The van der Waals surface area contributed by atoms with E-state index in [9.17, 15) is 0 Å². The van der Waals surface area contributed by atoms with Gasteiger partial charge in [-0.1, -0.05) is 39.5 Å². The van der Waals surface area contributed by atoms with E-state index in [1.54, 1.807) is 0 Å². The first-order valence-corrected chi connectivity index (χ1v) is 6.66. The molecule has 1 rings (SSSR count). The van der Waals surface area contributed by atoms with Crippen molar-refractivity contribution in [3.63, 3.8) is 0 Å². The molecule has 1 heterocycles. The van der Waals surface area contributed by atoms with Crippen molar-refractivity contribution in [2.75, 3.05) is 19.6 Å². The average Bonchev–Trinajstić information content (AvgIpc) is 2.35. The predicted molar refractivity (Wildman–Crippen MR) is 70.3 cm³/mol. The van der Waals surface area contributed by atoms with Crippen LogP contribution in [0.3, 0.4) is 0 Å². The largest absolute Gasteiger partial charge is 0.311 e. The smallest absolute Gasteiger partial charge is 0.0712 e. The minimum Gasteiger partial charge on any atom is -0.311 e. The van der Waals surface area contributed by atoms with Crippen LogP contribution < -0.4 is 5.32 Å². The second kappa shape index (κ2) is 6.93. The van der Waals surface area contributed by atoms with E-state index in [2.05, 4.69) is 36.9 Å². The summed E-state index contributed by atoms with van der Waals surface area (Å²) in [7, 11) is 0. The standard InChI is InChI=1S/C14H26N2/c1-5-8-13(7-3)16-10-9-15-14(11-16)12(4)6-2/h3,12-15H,5-6,8-11H2,1-2,4H3. The van der Waals surface area contributed by atoms with E-state index in [0.717, 1.165) is 32.0 Å². The van der Waals surface area contributed by atoms with Gasteiger partial charge < -0.3 is 5.32 Å². The Balaban J connectivity index is 2.52. The van der Waals surface area contributed by atoms with E-state index in [0.29, 0.717) is 12.1 Å². The first kappa shape index (κ1) is 13.5. The molecule has 1 aliphatic rings. The normalized spacial score (nSPS) is 26.0. The highest BCUT2D eigenvalue weighted by Gasteiger charge is 2.26. The van der Waals surface area contributed by atoms with Crippen LogP contribution >= 0.6 is 0 Å². The molecule has 92 valence electrons. The van der Waals surface area contributed by atoms with Crippen LogP contribution in [0.2, 0.25) is 0 Å². The maximum absolute atomic E-state index is 5.63. The Morgan fingerprint density at radius 2 is 2.25 bits per heavy atom. The van der Waals surface area contributed by atoms with Crippen LogP contribution in [-0.4, -0.2) is 36.6 Å². The lowest BCUT2D eigenvalue weighted by atomic mass is 9.96. The molecular formula is C14H26N2. The lowest BCUT2D eigenvalue weighted by Crippen LogP contribution is -2.55. The maximum Gasteiger partial charge on any atom is 0.0712 e. The third-order valence-corrected chi connectivity index (χ3v) is 3.76. The van der Waals surface area contributed by atoms with Crippen LogP contribution in [0, 0.1) is 18.3 Å². The van der Waals surface area contributed by atoms with Gasteiger partial charge in [0.05, 0.1) is 6.04 Å². The molecule has 0 aromatic carbocycles. The number of rotatable bonds is 5. The number of hydrogen-bond acceptors (Lipinski definition) is 2. The Hall–Kier alpha value is -0.520. The number of piperazine rings is 1. The number of terminal acetylenes is 1. The Kier molecular flexibility index (Phi) is 5.87. The van der Waals surface area contributed by atoms with E-state index >= 15 is 0 Å². The second-order valence-corrected chi connectivity index (χ2v) is 4.91. The van der Waals surface area contributed by atoms with Crippen molar-refractivity contribution >= 4 is 0 Å². The predicted octanol–water partition coefficient (Wildman–Crippen LogP) is 2.11. The fourth-order valence-electron chi connectivity index (χ4n) is 2.40. The first-order chi connectivity index (χ1) is 7.72. The summed E-state index contributed by atoms with van der Waals surface area (Å²) in [5.41, 5.74) is 0. The summed E-state index contributed by atoms with van der Waals surface area (Å²) >= 11 is 0. The van der Waals surface area contributed by atoms with Gasteiger partial charge in [0.2, 0.25) is 0 Å². The van der Waals surface area contributed by atoms with E-state index in [1.165, 1.54) is 12.8 Å². The van der Waals surface area contributed by atoms with E-state index in [4.69, 9.17) is 6.42 Å². The zero-order valence-corrected chi connectivity index (χ0v) is 11.0. The molecular weight excluding hydrogens is 196 g/mol. The maximum atomic E-state index is 5.63. The molecule has 2 nitrogen and oxygen atoms in total. The molecule has 0 bridgehead atoms. The van der Waals surface area contributed by atoms with Crippen molar-refractivity contribution in [2.24, 2.45) is 5.92 Å². The van der Waals surface area contributed by atoms with Gasteiger partial charge in [-0.15, -0.1) is 6.42 Å². The molecule has 3 unspecified atom stereocenters. The molecule has 0 saturated carbocycles. The van der Waals surface area contributed by atoms with Crippen molar-refractivity contribution in [1.29, 1.82) is 0 Å². The molecule has 0 radical (unpaired) electrons. The van der Waals surface area contributed by atoms with Crippen LogP contribution in [0.25, 0.3) is 0 Å². The summed E-state index contributed by atoms with van der Waals surface area (Å²) in [6.07, 6.45) is 9.17. The third-order valence-electron chi connectivity index (χ3n) is 3.76. The summed E-state index contributed by atoms with van der Waals surface area (Å²) in [4.78, 5) is 2.48. The van der Waals surface area contributed by atoms with Gasteiger partial charge in [-0.2, -0.15) is 0 Å². The molecule has 0 aromatic heterocycles. The van der Waals surface area contributed by atoms with Crippen molar-refractivity contribution in [3.05, 3.63) is 0 Å². The molecule has 0 amide bonds. The van der Waals surface area contributed by atoms with Gasteiger partial charge in [0.1, 0.15) is 0 Å². The summed E-state index contributed by atoms with van der Waals surface area (Å²) in [6.45, 7) is 10.1. The van der Waals surface area contributed by atoms with Gasteiger partial charge in [0.15, 0.2) is 0 Å². The van der Waals surface area contributed by atoms with Crippen LogP contribution in [-0.2, 0) is 0 Å². The minimum absolute atomic E-state index is 0.346. The summed E-state index contributed by atoms with van der Waals surface area (Å²) in [5.74, 6) is 3.69. The Morgan fingerprint density at radius 1 is 1.50 bits per heavy atom. The molecule has 0 spiro atoms. The lowest BCUT2D eigenvalue weighted by molar-refractivity contribution is 0.141. The van der Waals surface area contributed by atoms with Gasteiger partial charge in [-0.3, -0.25) is 4.90 Å². The van der Waals surface area contributed by atoms with E-state index in [-0.39, 0.29) is 0 Å². The summed E-state index contributed by atoms with van der Waals surface area (Å²) in [5, 5.41) is 3.61. The highest BCUT2D eigenvalue weighted by molar-refractivity contribution is 5.01. The molecule has 1 fully saturated rings. The van der Waals surface area contributed by atoms with Gasteiger partial charge in [-0.05, 0) is 12.3 Å². The van der Waals surface area contributed by atoms with Gasteiger partial charge in [0.25, 0.3) is 0 Å². The highest BCUT2D eigenvalue weighted by Crippen LogP contribution is 2.15. The van der Waals surface area contributed by atoms with Crippen LogP contribution in [0.1, 0.15) is 40.0 Å². The molecule has 1 aliphatic heterocycles. The Bertz CT molecular complexity index is 231. The third kappa shape index (κ3) is 3.50. The molecule has 16 heavy (non-hydrogen) atoms. The SMILES string of the molecule is C#CC(CCC)N1CCNC(C(C)CC)C1. The van der Waals surface area contributed by atoms with Gasteiger partial charge in [0, 0.05) is 25.7 Å². The summed E-state index contributed by atoms with van der Waals surface area (Å²) in [6, 6.07) is 0.963. The van der Waals surface area contributed by atoms with Crippen molar-refractivity contribution in [2.45, 2.75) is 52.1 Å². The van der Waals surface area contributed by atoms with Crippen LogP contribution in [0.15, 0.2) is 0 Å². The van der Waals surface area contributed by atoms with Crippen molar-refractivity contribution in [3.8, 4) is 12.3 Å². The highest BCUT2D eigenvalue weighted by atomic mass is 15.2. The fourth-order valence-corrected chi connectivity index (χ4v) is 2.40. The topological polar surface area (TPSA) is 15.3 Å². The zero-order valence-electron chi connectivity index (χ0n) is 11.0. The van der Waals surface area contributed by atoms with Crippen LogP contribution in [0.5, 0.6) is 0 Å². The van der Waals surface area contributed by atoms with Gasteiger partial charge >= 0.3 is 0 Å². The molecule has 1 saturated heterocycles. The quantitative estimate of drug-likeness (QED) is 0.717. The summed E-state index contributed by atoms with van der Waals surface area (Å²) < 4.78 is 0. The van der Waals surface area contributed by atoms with Gasteiger partial charge in [-0.25, -0.2) is 0 Å². The number of nitrogens with zero attached hydrogens (tertiary/aromatic N) is 1. The molecule has 0 aliphatic carbocycles.